The smallest absolute Gasteiger partial charge is 0.258 e. The number of hydrogen-bond acceptors (Lipinski definition) is 6. The van der Waals surface area contributed by atoms with Crippen LogP contribution in [-0.4, -0.2) is 40.1 Å². The van der Waals surface area contributed by atoms with Crippen LogP contribution < -0.4 is 10.9 Å². The van der Waals surface area contributed by atoms with E-state index in [0.29, 0.717) is 28.3 Å². The van der Waals surface area contributed by atoms with E-state index < -0.39 is 0 Å². The summed E-state index contributed by atoms with van der Waals surface area (Å²) in [4.78, 5) is 29.8. The Hall–Kier alpha value is -3.49. The van der Waals surface area contributed by atoms with Gasteiger partial charge in [0.05, 0.1) is 18.2 Å². The Morgan fingerprint density at radius 3 is 2.76 bits per heavy atom. The highest BCUT2D eigenvalue weighted by atomic mass is 35.5. The van der Waals surface area contributed by atoms with Gasteiger partial charge in [0, 0.05) is 39.9 Å². The van der Waals surface area contributed by atoms with Gasteiger partial charge in [-0.05, 0) is 67.8 Å². The largest absolute Gasteiger partial charge is 0.394 e. The number of anilines is 1. The zero-order valence-electron chi connectivity index (χ0n) is 17.8. The van der Waals surface area contributed by atoms with Gasteiger partial charge >= 0.3 is 0 Å². The lowest BCUT2D eigenvalue weighted by Gasteiger charge is -2.34. The van der Waals surface area contributed by atoms with Crippen LogP contribution in [-0.2, 0) is 0 Å². The molecule has 1 aromatic heterocycles. The van der Waals surface area contributed by atoms with Crippen LogP contribution in [0.1, 0.15) is 35.2 Å². The molecule has 0 saturated carbocycles. The SMILES string of the molecule is N=N/C(=C\Nc1ccc(C(=O)N2CCCCC2CO)cc1)c1cc2cc(Cl)ccc2[nH]c1=O. The van der Waals surface area contributed by atoms with Gasteiger partial charge < -0.3 is 20.3 Å². The first-order valence-corrected chi connectivity index (χ1v) is 11.1. The molecule has 2 heterocycles. The first kappa shape index (κ1) is 22.7. The van der Waals surface area contributed by atoms with Gasteiger partial charge in [-0.25, -0.2) is 5.53 Å². The third kappa shape index (κ3) is 4.97. The third-order valence-electron chi connectivity index (χ3n) is 5.81. The van der Waals surface area contributed by atoms with Gasteiger partial charge in [0.15, 0.2) is 0 Å². The van der Waals surface area contributed by atoms with E-state index in [4.69, 9.17) is 17.1 Å². The number of piperidine rings is 1. The van der Waals surface area contributed by atoms with Gasteiger partial charge in [0.1, 0.15) is 5.70 Å². The van der Waals surface area contributed by atoms with Gasteiger partial charge in [-0.1, -0.05) is 11.6 Å². The Labute approximate surface area is 195 Å². The summed E-state index contributed by atoms with van der Waals surface area (Å²) in [7, 11) is 0. The molecule has 1 amide bonds. The van der Waals surface area contributed by atoms with Crippen molar-refractivity contribution in [2.45, 2.75) is 25.3 Å². The van der Waals surface area contributed by atoms with Gasteiger partial charge in [-0.3, -0.25) is 9.59 Å². The normalized spacial score (nSPS) is 16.6. The van der Waals surface area contributed by atoms with E-state index in [1.807, 2.05) is 0 Å². The first-order chi connectivity index (χ1) is 16.0. The van der Waals surface area contributed by atoms with Crippen molar-refractivity contribution >= 4 is 39.8 Å². The van der Waals surface area contributed by atoms with E-state index in [0.717, 1.165) is 24.6 Å². The third-order valence-corrected chi connectivity index (χ3v) is 6.04. The van der Waals surface area contributed by atoms with Crippen molar-refractivity contribution in [3.8, 4) is 0 Å². The van der Waals surface area contributed by atoms with Crippen molar-refractivity contribution in [3.05, 3.63) is 81.2 Å². The van der Waals surface area contributed by atoms with Crippen LogP contribution in [0, 0.1) is 5.53 Å². The molecular weight excluding hydrogens is 442 g/mol. The number of rotatable bonds is 6. The Balaban J connectivity index is 1.53. The molecule has 1 fully saturated rings. The highest BCUT2D eigenvalue weighted by Crippen LogP contribution is 2.22. The predicted octanol–water partition coefficient (Wildman–Crippen LogP) is 4.61. The van der Waals surface area contributed by atoms with Gasteiger partial charge in [-0.2, -0.15) is 5.11 Å². The lowest BCUT2D eigenvalue weighted by atomic mass is 10.0. The van der Waals surface area contributed by atoms with Crippen molar-refractivity contribution in [3.63, 3.8) is 0 Å². The molecule has 0 bridgehead atoms. The fourth-order valence-corrected chi connectivity index (χ4v) is 4.20. The molecule has 0 radical (unpaired) electrons. The number of aliphatic hydroxyl groups is 1. The van der Waals surface area contributed by atoms with Gasteiger partial charge in [0.25, 0.3) is 11.5 Å². The molecule has 170 valence electrons. The Morgan fingerprint density at radius 2 is 2.03 bits per heavy atom. The summed E-state index contributed by atoms with van der Waals surface area (Å²) < 4.78 is 0. The summed E-state index contributed by atoms with van der Waals surface area (Å²) in [6, 6.07) is 13.6. The van der Waals surface area contributed by atoms with E-state index in [2.05, 4.69) is 15.4 Å². The Bertz CT molecular complexity index is 1270. The molecule has 9 heteroatoms. The maximum absolute atomic E-state index is 12.8. The van der Waals surface area contributed by atoms with Crippen LogP contribution >= 0.6 is 11.6 Å². The van der Waals surface area contributed by atoms with Crippen LogP contribution in [0.25, 0.3) is 16.6 Å². The molecule has 0 aliphatic carbocycles. The number of halogens is 1. The lowest BCUT2D eigenvalue weighted by Crippen LogP contribution is -2.45. The number of carbonyl (C=O) groups is 1. The number of carbonyl (C=O) groups excluding carboxylic acids is 1. The van der Waals surface area contributed by atoms with Crippen LogP contribution in [0.5, 0.6) is 0 Å². The molecule has 1 aliphatic heterocycles. The lowest BCUT2D eigenvalue weighted by molar-refractivity contribution is 0.0503. The number of likely N-dealkylation sites (tertiary alicyclic amines) is 1. The molecule has 2 aromatic carbocycles. The number of pyridine rings is 1. The number of nitrogens with zero attached hydrogens (tertiary/aromatic N) is 2. The summed E-state index contributed by atoms with van der Waals surface area (Å²) in [5, 5.41) is 17.4. The molecule has 1 atom stereocenters. The van der Waals surface area contributed by atoms with E-state index in [9.17, 15) is 14.7 Å². The summed E-state index contributed by atoms with van der Waals surface area (Å²) in [6.07, 6.45) is 4.23. The highest BCUT2D eigenvalue weighted by Gasteiger charge is 2.26. The number of nitrogens with one attached hydrogen (secondary N) is 3. The molecule has 4 N–H and O–H groups in total. The molecule has 0 spiro atoms. The number of hydrogen-bond donors (Lipinski definition) is 4. The topological polar surface area (TPSA) is 122 Å². The minimum atomic E-state index is -0.366. The number of amides is 1. The van der Waals surface area contributed by atoms with Crippen molar-refractivity contribution in [2.75, 3.05) is 18.5 Å². The summed E-state index contributed by atoms with van der Waals surface area (Å²) in [5.74, 6) is -0.0981. The number of aromatic amines is 1. The minimum Gasteiger partial charge on any atom is -0.394 e. The van der Waals surface area contributed by atoms with Crippen molar-refractivity contribution in [1.82, 2.24) is 9.88 Å². The highest BCUT2D eigenvalue weighted by molar-refractivity contribution is 6.31. The fourth-order valence-electron chi connectivity index (χ4n) is 4.02. The van der Waals surface area contributed by atoms with Crippen LogP contribution in [0.4, 0.5) is 5.69 Å². The van der Waals surface area contributed by atoms with E-state index in [1.165, 1.54) is 6.20 Å². The van der Waals surface area contributed by atoms with Crippen molar-refractivity contribution < 1.29 is 9.90 Å². The summed E-state index contributed by atoms with van der Waals surface area (Å²) in [5.41, 5.74) is 9.39. The maximum Gasteiger partial charge on any atom is 0.258 e. The van der Waals surface area contributed by atoms with E-state index >= 15 is 0 Å². The van der Waals surface area contributed by atoms with Crippen LogP contribution in [0.15, 0.2) is 64.6 Å². The van der Waals surface area contributed by atoms with E-state index in [1.54, 1.807) is 53.4 Å². The maximum atomic E-state index is 12.8. The quantitative estimate of drug-likeness (QED) is 0.397. The van der Waals surface area contributed by atoms with Gasteiger partial charge in [0.2, 0.25) is 0 Å². The summed E-state index contributed by atoms with van der Waals surface area (Å²) in [6.45, 7) is 0.613. The number of benzene rings is 2. The first-order valence-electron chi connectivity index (χ1n) is 10.7. The molecule has 3 aromatic rings. The fraction of sp³-hybridized carbons (Fsp3) is 0.250. The van der Waals surface area contributed by atoms with Gasteiger partial charge in [-0.15, -0.1) is 0 Å². The number of H-pyrrole nitrogens is 1. The monoisotopic (exact) mass is 465 g/mol. The molecular formula is C24H24ClN5O3. The predicted molar refractivity (Wildman–Crippen MR) is 129 cm³/mol. The zero-order valence-corrected chi connectivity index (χ0v) is 18.6. The molecule has 33 heavy (non-hydrogen) atoms. The second-order valence-corrected chi connectivity index (χ2v) is 8.37. The number of aromatic nitrogens is 1. The minimum absolute atomic E-state index is 0.0321. The average molecular weight is 466 g/mol. The van der Waals surface area contributed by atoms with Crippen LogP contribution in [0.3, 0.4) is 0 Å². The Kier molecular flexibility index (Phi) is 6.86. The molecule has 8 nitrogen and oxygen atoms in total. The molecule has 4 rings (SSSR count). The van der Waals surface area contributed by atoms with Crippen molar-refractivity contribution in [2.24, 2.45) is 5.11 Å². The molecule has 1 saturated heterocycles. The second kappa shape index (κ2) is 9.97. The Morgan fingerprint density at radius 1 is 1.24 bits per heavy atom. The average Bonchev–Trinajstić information content (AvgIpc) is 2.84. The molecule has 1 unspecified atom stereocenters. The number of aliphatic hydroxyl groups excluding tert-OH is 1. The van der Waals surface area contributed by atoms with Crippen molar-refractivity contribution in [1.29, 1.82) is 5.53 Å². The molecule has 1 aliphatic rings. The zero-order chi connectivity index (χ0) is 23.4. The summed E-state index contributed by atoms with van der Waals surface area (Å²) >= 11 is 6.05. The number of fused-ring (bicyclic) bond motifs is 1. The standard InChI is InChI=1S/C24H24ClN5O3/c25-17-6-9-21-16(11-17)12-20(23(32)28-21)22(29-26)13-27-18-7-4-15(5-8-18)24(33)30-10-2-1-3-19(30)14-31/h4-9,11-13,19,26-27,31H,1-3,10,14H2,(H,28,32)/b22-13-,29-26?. The van der Waals surface area contributed by atoms with Crippen LogP contribution in [0.2, 0.25) is 5.02 Å². The second-order valence-electron chi connectivity index (χ2n) is 7.94. The van der Waals surface area contributed by atoms with E-state index in [-0.39, 0.29) is 35.4 Å².